The van der Waals surface area contributed by atoms with E-state index in [9.17, 15) is 0 Å². The molecule has 2 nitrogen and oxygen atoms in total. The molecule has 41 heavy (non-hydrogen) atoms. The van der Waals surface area contributed by atoms with E-state index in [-0.39, 0.29) is 10.8 Å². The molecule has 5 aromatic rings. The van der Waals surface area contributed by atoms with Crippen molar-refractivity contribution in [2.75, 3.05) is 0 Å². The first-order valence-corrected chi connectivity index (χ1v) is 15.7. The van der Waals surface area contributed by atoms with Gasteiger partial charge in [-0.1, -0.05) is 93.5 Å². The number of aryl methyl sites for hydroxylation is 3. The molecular weight excluding hydrogens is 496 g/mol. The van der Waals surface area contributed by atoms with E-state index in [2.05, 4.69) is 142 Å². The van der Waals surface area contributed by atoms with Gasteiger partial charge in [0.1, 0.15) is 11.7 Å². The molecule has 0 spiro atoms. The smallest absolute Gasteiger partial charge is 0.232 e. The summed E-state index contributed by atoms with van der Waals surface area (Å²) in [5.41, 5.74) is 15.4. The summed E-state index contributed by atoms with van der Waals surface area (Å²) in [4.78, 5) is 0. The van der Waals surface area contributed by atoms with Crippen LogP contribution in [0.2, 0.25) is 0 Å². The van der Waals surface area contributed by atoms with Gasteiger partial charge in [-0.25, -0.2) is 4.57 Å². The third kappa shape index (κ3) is 3.65. The van der Waals surface area contributed by atoms with E-state index in [1.165, 1.54) is 77.5 Å². The van der Waals surface area contributed by atoms with E-state index in [1.54, 1.807) is 0 Å². The minimum atomic E-state index is -0.0587. The number of hydrogen-bond donors (Lipinski definition) is 0. The summed E-state index contributed by atoms with van der Waals surface area (Å²) in [5.74, 6) is 1.39. The molecule has 3 heterocycles. The minimum absolute atomic E-state index is 0.0512. The molecule has 3 aromatic carbocycles. The number of hydrogen-bond acceptors (Lipinski definition) is 0. The maximum atomic E-state index is 2.61. The highest BCUT2D eigenvalue weighted by Gasteiger charge is 2.50. The molecule has 214 valence electrons. The summed E-state index contributed by atoms with van der Waals surface area (Å²) < 4.78 is 4.99. The van der Waals surface area contributed by atoms with Crippen LogP contribution < -0.4 is 4.57 Å². The lowest BCUT2D eigenvalue weighted by molar-refractivity contribution is -0.643. The molecule has 0 fully saturated rings. The van der Waals surface area contributed by atoms with Gasteiger partial charge in [0.25, 0.3) is 5.65 Å². The number of pyridine rings is 1. The van der Waals surface area contributed by atoms with E-state index < -0.39 is 0 Å². The fourth-order valence-corrected chi connectivity index (χ4v) is 7.51. The molecule has 2 aromatic heterocycles. The topological polar surface area (TPSA) is 8.29 Å². The fourth-order valence-electron chi connectivity index (χ4n) is 7.51. The van der Waals surface area contributed by atoms with Crippen LogP contribution in [0.25, 0.3) is 38.4 Å². The van der Waals surface area contributed by atoms with E-state index in [1.807, 2.05) is 0 Å². The largest absolute Gasteiger partial charge is 0.295 e. The van der Waals surface area contributed by atoms with Crippen molar-refractivity contribution in [3.8, 4) is 11.1 Å². The molecule has 2 heteroatoms. The predicted octanol–water partition coefficient (Wildman–Crippen LogP) is 10.3. The van der Waals surface area contributed by atoms with Gasteiger partial charge in [0.15, 0.2) is 5.69 Å². The Bertz CT molecular complexity index is 1860. The molecule has 0 N–H and O–H groups in total. The lowest BCUT2D eigenvalue weighted by atomic mass is 9.60. The molecule has 6 rings (SSSR count). The number of benzene rings is 3. The maximum absolute atomic E-state index is 2.61. The van der Waals surface area contributed by atoms with Crippen LogP contribution in [0.1, 0.15) is 126 Å². The SMILES string of the molecule is Cc1ccc2c3cc(-c4c(C(C)C)cc(C(C)C)cc4C(C)C)cc4c3n3c(c[n+](C)c3c2c1C)C(C)(C)C4(C)C. The first-order chi connectivity index (χ1) is 19.1. The van der Waals surface area contributed by atoms with E-state index >= 15 is 0 Å². The molecule has 1 aliphatic rings. The van der Waals surface area contributed by atoms with Crippen LogP contribution in [-0.4, -0.2) is 4.40 Å². The standard InChI is InChI=1S/C39H49N2/c1-21(2)26-16-29(22(3)4)35(30(17-26)23(5)6)27-18-31-28-15-14-24(7)25(8)34(28)37-40(13)20-33-39(11,12)38(9,10)32(19-27)36(31)41(33)37/h14-23H,1-13H3/q+1. The van der Waals surface area contributed by atoms with Crippen molar-refractivity contribution in [2.24, 2.45) is 7.05 Å². The molecule has 0 aliphatic carbocycles. The van der Waals surface area contributed by atoms with Crippen molar-refractivity contribution >= 4 is 27.3 Å². The van der Waals surface area contributed by atoms with E-state index in [4.69, 9.17) is 0 Å². The third-order valence-corrected chi connectivity index (χ3v) is 11.0. The molecule has 0 amide bonds. The highest BCUT2D eigenvalue weighted by molar-refractivity contribution is 6.15. The van der Waals surface area contributed by atoms with Gasteiger partial charge in [0.2, 0.25) is 0 Å². The first kappa shape index (κ1) is 28.0. The number of imidazole rings is 1. The molecule has 0 unspecified atom stereocenters. The van der Waals surface area contributed by atoms with Crippen molar-refractivity contribution in [3.05, 3.63) is 81.7 Å². The molecule has 1 aliphatic heterocycles. The Kier molecular flexibility index (Phi) is 6.10. The van der Waals surface area contributed by atoms with Crippen LogP contribution in [0.3, 0.4) is 0 Å². The molecule has 0 radical (unpaired) electrons. The monoisotopic (exact) mass is 545 g/mol. The third-order valence-electron chi connectivity index (χ3n) is 11.0. The van der Waals surface area contributed by atoms with Gasteiger partial charge in [0, 0.05) is 27.2 Å². The number of nitrogens with zero attached hydrogens (tertiary/aromatic N) is 2. The normalized spacial score (nSPS) is 16.0. The minimum Gasteiger partial charge on any atom is -0.232 e. The molecule has 0 saturated heterocycles. The second-order valence-corrected chi connectivity index (χ2v) is 14.9. The molecule has 0 bridgehead atoms. The molecule has 0 saturated carbocycles. The van der Waals surface area contributed by atoms with Crippen LogP contribution >= 0.6 is 0 Å². The van der Waals surface area contributed by atoms with Crippen molar-refractivity contribution in [1.29, 1.82) is 0 Å². The Morgan fingerprint density at radius 3 is 1.90 bits per heavy atom. The molecular formula is C39H49N2+. The van der Waals surface area contributed by atoms with Crippen LogP contribution in [0.5, 0.6) is 0 Å². The van der Waals surface area contributed by atoms with Gasteiger partial charge in [-0.2, -0.15) is 4.40 Å². The van der Waals surface area contributed by atoms with Crippen LogP contribution in [0.4, 0.5) is 0 Å². The van der Waals surface area contributed by atoms with Gasteiger partial charge in [0.05, 0.1) is 12.4 Å². The number of fused-ring (bicyclic) bond motifs is 3. The van der Waals surface area contributed by atoms with E-state index in [0.717, 1.165) is 0 Å². The Morgan fingerprint density at radius 2 is 1.34 bits per heavy atom. The second kappa shape index (κ2) is 8.93. The van der Waals surface area contributed by atoms with Crippen molar-refractivity contribution in [3.63, 3.8) is 0 Å². The van der Waals surface area contributed by atoms with Crippen molar-refractivity contribution in [2.45, 2.75) is 112 Å². The van der Waals surface area contributed by atoms with Gasteiger partial charge < -0.3 is 0 Å². The Labute approximate surface area is 247 Å². The van der Waals surface area contributed by atoms with Crippen LogP contribution in [0.15, 0.2) is 42.6 Å². The number of aromatic nitrogens is 2. The zero-order chi connectivity index (χ0) is 29.9. The Hall–Kier alpha value is -3.13. The first-order valence-electron chi connectivity index (χ1n) is 15.7. The van der Waals surface area contributed by atoms with Crippen molar-refractivity contribution in [1.82, 2.24) is 4.40 Å². The maximum Gasteiger partial charge on any atom is 0.295 e. The Balaban J connectivity index is 1.89. The van der Waals surface area contributed by atoms with Gasteiger partial charge in [-0.05, 0) is 82.7 Å². The van der Waals surface area contributed by atoms with Crippen LogP contribution in [-0.2, 0) is 17.9 Å². The zero-order valence-corrected chi connectivity index (χ0v) is 27.7. The quantitative estimate of drug-likeness (QED) is 0.157. The lowest BCUT2D eigenvalue weighted by Crippen LogP contribution is -2.44. The van der Waals surface area contributed by atoms with E-state index in [0.29, 0.717) is 17.8 Å². The average molecular weight is 546 g/mol. The summed E-state index contributed by atoms with van der Waals surface area (Å²) in [7, 11) is 2.23. The van der Waals surface area contributed by atoms with Gasteiger partial charge in [-0.3, -0.25) is 0 Å². The Morgan fingerprint density at radius 1 is 0.732 bits per heavy atom. The summed E-state index contributed by atoms with van der Waals surface area (Å²) in [6, 6.07) is 14.8. The summed E-state index contributed by atoms with van der Waals surface area (Å²) >= 11 is 0. The highest BCUT2D eigenvalue weighted by atomic mass is 15.1. The predicted molar refractivity (Wildman–Crippen MR) is 177 cm³/mol. The number of rotatable bonds is 4. The summed E-state index contributed by atoms with van der Waals surface area (Å²) in [6.07, 6.45) is 2.40. The molecule has 0 atom stereocenters. The zero-order valence-electron chi connectivity index (χ0n) is 27.7. The van der Waals surface area contributed by atoms with Gasteiger partial charge >= 0.3 is 0 Å². The average Bonchev–Trinajstić information content (AvgIpc) is 3.26. The summed E-state index contributed by atoms with van der Waals surface area (Å²) in [5, 5.41) is 4.13. The highest BCUT2D eigenvalue weighted by Crippen LogP contribution is 2.53. The van der Waals surface area contributed by atoms with Crippen molar-refractivity contribution < 1.29 is 4.57 Å². The second-order valence-electron chi connectivity index (χ2n) is 14.9. The fraction of sp³-hybridized carbons (Fsp3) is 0.462. The van der Waals surface area contributed by atoms with Gasteiger partial charge in [-0.15, -0.1) is 0 Å². The van der Waals surface area contributed by atoms with Crippen LogP contribution in [0, 0.1) is 13.8 Å². The summed E-state index contributed by atoms with van der Waals surface area (Å²) in [6.45, 7) is 28.5. The lowest BCUT2D eigenvalue weighted by Gasteiger charge is -2.43.